The molecule has 0 heterocycles. The first-order chi connectivity index (χ1) is 11.1. The summed E-state index contributed by atoms with van der Waals surface area (Å²) in [7, 11) is 0.318. The summed E-state index contributed by atoms with van der Waals surface area (Å²) in [5.41, 5.74) is 1.03. The van der Waals surface area contributed by atoms with Crippen LogP contribution in [-0.2, 0) is 21.4 Å². The molecule has 0 fully saturated rings. The zero-order valence-corrected chi connectivity index (χ0v) is 16.1. The number of carbonyl (C=O) groups is 1. The third kappa shape index (κ3) is 6.98. The largest absolute Gasteiger partial charge is 0.335 e. The maximum absolute atomic E-state index is 12.7. The van der Waals surface area contributed by atoms with Gasteiger partial charge in [-0.15, -0.1) is 0 Å². The Hall–Kier alpha value is -1.44. The molecule has 0 atom stereocenters. The Morgan fingerprint density at radius 1 is 1.08 bits per heavy atom. The molecule has 0 saturated carbocycles. The standard InChI is InChI=1S/C17H29N3O3S/c1-15(2)20(13-16-9-7-6-8-10-16)17(21)14-19(24(5,22)23)12-11-18(3)4/h6-10,15H,11-14H2,1-5H3. The quantitative estimate of drug-likeness (QED) is 0.669. The van der Waals surface area contributed by atoms with Crippen molar-refractivity contribution in [3.63, 3.8) is 0 Å². The molecule has 7 heteroatoms. The van der Waals surface area contributed by atoms with Crippen molar-refractivity contribution >= 4 is 15.9 Å². The van der Waals surface area contributed by atoms with E-state index in [0.29, 0.717) is 19.6 Å². The molecule has 0 aliphatic rings. The highest BCUT2D eigenvalue weighted by Gasteiger charge is 2.25. The Bertz CT molecular complexity index is 615. The fourth-order valence-corrected chi connectivity index (χ4v) is 3.01. The lowest BCUT2D eigenvalue weighted by atomic mass is 10.2. The van der Waals surface area contributed by atoms with Crippen LogP contribution in [0.2, 0.25) is 0 Å². The smallest absolute Gasteiger partial charge is 0.238 e. The molecule has 0 saturated heterocycles. The van der Waals surface area contributed by atoms with Crippen molar-refractivity contribution in [3.8, 4) is 0 Å². The van der Waals surface area contributed by atoms with Crippen molar-refractivity contribution in [2.24, 2.45) is 0 Å². The highest BCUT2D eigenvalue weighted by molar-refractivity contribution is 7.88. The van der Waals surface area contributed by atoms with Crippen LogP contribution in [0.4, 0.5) is 0 Å². The summed E-state index contributed by atoms with van der Waals surface area (Å²) in [6.45, 7) is 5.09. The van der Waals surface area contributed by atoms with Crippen molar-refractivity contribution in [1.29, 1.82) is 0 Å². The van der Waals surface area contributed by atoms with Gasteiger partial charge in [-0.25, -0.2) is 8.42 Å². The zero-order chi connectivity index (χ0) is 18.3. The number of likely N-dealkylation sites (N-methyl/N-ethyl adjacent to an activating group) is 1. The van der Waals surface area contributed by atoms with Crippen molar-refractivity contribution < 1.29 is 13.2 Å². The maximum Gasteiger partial charge on any atom is 0.238 e. The van der Waals surface area contributed by atoms with Gasteiger partial charge in [-0.1, -0.05) is 30.3 Å². The number of carbonyl (C=O) groups excluding carboxylic acids is 1. The monoisotopic (exact) mass is 355 g/mol. The third-order valence-corrected chi connectivity index (χ3v) is 4.97. The molecule has 0 spiro atoms. The molecule has 0 N–H and O–H groups in total. The summed E-state index contributed by atoms with van der Waals surface area (Å²) in [5, 5.41) is 0. The van der Waals surface area contributed by atoms with Crippen LogP contribution in [0.3, 0.4) is 0 Å². The summed E-state index contributed by atoms with van der Waals surface area (Å²) in [6.07, 6.45) is 1.15. The maximum atomic E-state index is 12.7. The van der Waals surface area contributed by atoms with E-state index in [9.17, 15) is 13.2 Å². The molecule has 0 unspecified atom stereocenters. The number of nitrogens with zero attached hydrogens (tertiary/aromatic N) is 3. The van der Waals surface area contributed by atoms with Crippen molar-refractivity contribution in [3.05, 3.63) is 35.9 Å². The molecule has 0 aliphatic carbocycles. The molecule has 0 aliphatic heterocycles. The van der Waals surface area contributed by atoms with Crippen LogP contribution in [0.15, 0.2) is 30.3 Å². The summed E-state index contributed by atoms with van der Waals surface area (Å²) in [5.74, 6) is -0.182. The fourth-order valence-electron chi connectivity index (χ4n) is 2.25. The first kappa shape index (κ1) is 20.6. The van der Waals surface area contributed by atoms with Gasteiger partial charge in [0.05, 0.1) is 12.8 Å². The number of benzene rings is 1. The summed E-state index contributed by atoms with van der Waals surface area (Å²) >= 11 is 0. The van der Waals surface area contributed by atoms with E-state index in [1.54, 1.807) is 4.90 Å². The summed E-state index contributed by atoms with van der Waals surface area (Å²) in [4.78, 5) is 16.3. The lowest BCUT2D eigenvalue weighted by Crippen LogP contribution is -2.46. The van der Waals surface area contributed by atoms with E-state index < -0.39 is 10.0 Å². The molecule has 24 heavy (non-hydrogen) atoms. The van der Waals surface area contributed by atoms with E-state index in [4.69, 9.17) is 0 Å². The summed E-state index contributed by atoms with van der Waals surface area (Å²) in [6, 6.07) is 9.70. The zero-order valence-electron chi connectivity index (χ0n) is 15.3. The van der Waals surface area contributed by atoms with Gasteiger partial charge >= 0.3 is 0 Å². The Kier molecular flexibility index (Phi) is 7.86. The minimum atomic E-state index is -3.43. The van der Waals surface area contributed by atoms with Crippen LogP contribution in [0.1, 0.15) is 19.4 Å². The van der Waals surface area contributed by atoms with Crippen LogP contribution in [0.25, 0.3) is 0 Å². The SMILES string of the molecule is CC(C)N(Cc1ccccc1)C(=O)CN(CCN(C)C)S(C)(=O)=O. The van der Waals surface area contributed by atoms with Gasteiger partial charge in [0, 0.05) is 25.7 Å². The molecule has 1 rings (SSSR count). The molecule has 0 bridgehead atoms. The molecule has 1 amide bonds. The minimum absolute atomic E-state index is 0.00651. The van der Waals surface area contributed by atoms with E-state index >= 15 is 0 Å². The second-order valence-electron chi connectivity index (χ2n) is 6.50. The molecule has 1 aromatic carbocycles. The third-order valence-electron chi connectivity index (χ3n) is 3.72. The van der Waals surface area contributed by atoms with Crippen LogP contribution in [-0.4, -0.2) is 74.5 Å². The second kappa shape index (κ2) is 9.15. The molecule has 0 radical (unpaired) electrons. The van der Waals surface area contributed by atoms with E-state index in [2.05, 4.69) is 0 Å². The number of hydrogen-bond acceptors (Lipinski definition) is 4. The Morgan fingerprint density at radius 3 is 2.12 bits per heavy atom. The van der Waals surface area contributed by atoms with Crippen LogP contribution in [0, 0.1) is 0 Å². The number of sulfonamides is 1. The van der Waals surface area contributed by atoms with Gasteiger partial charge in [0.2, 0.25) is 15.9 Å². The fraction of sp³-hybridized carbons (Fsp3) is 0.588. The second-order valence-corrected chi connectivity index (χ2v) is 8.48. The van der Waals surface area contributed by atoms with E-state index in [1.165, 1.54) is 4.31 Å². The van der Waals surface area contributed by atoms with Gasteiger partial charge in [-0.2, -0.15) is 4.31 Å². The van der Waals surface area contributed by atoms with Gasteiger partial charge in [-0.05, 0) is 33.5 Å². The predicted molar refractivity (Wildman–Crippen MR) is 97.1 cm³/mol. The normalized spacial score (nSPS) is 12.2. The van der Waals surface area contributed by atoms with E-state index in [0.717, 1.165) is 11.8 Å². The first-order valence-electron chi connectivity index (χ1n) is 8.04. The highest BCUT2D eigenvalue weighted by atomic mass is 32.2. The Labute approximate surface area is 146 Å². The van der Waals surface area contributed by atoms with Gasteiger partial charge < -0.3 is 9.80 Å². The van der Waals surface area contributed by atoms with E-state index in [1.807, 2.05) is 63.2 Å². The van der Waals surface area contributed by atoms with Gasteiger partial charge in [0.15, 0.2) is 0 Å². The summed E-state index contributed by atoms with van der Waals surface area (Å²) < 4.78 is 25.2. The van der Waals surface area contributed by atoms with Gasteiger partial charge in [0.1, 0.15) is 0 Å². The molecule has 136 valence electrons. The van der Waals surface area contributed by atoms with Crippen LogP contribution >= 0.6 is 0 Å². The highest BCUT2D eigenvalue weighted by Crippen LogP contribution is 2.10. The van der Waals surface area contributed by atoms with Crippen molar-refractivity contribution in [2.45, 2.75) is 26.4 Å². The first-order valence-corrected chi connectivity index (χ1v) is 9.89. The lowest BCUT2D eigenvalue weighted by molar-refractivity contribution is -0.133. The van der Waals surface area contributed by atoms with Gasteiger partial charge in [-0.3, -0.25) is 4.79 Å². The number of rotatable bonds is 9. The van der Waals surface area contributed by atoms with Crippen LogP contribution < -0.4 is 0 Å². The Morgan fingerprint density at radius 2 is 1.67 bits per heavy atom. The van der Waals surface area contributed by atoms with E-state index in [-0.39, 0.29) is 18.5 Å². The molecule has 6 nitrogen and oxygen atoms in total. The van der Waals surface area contributed by atoms with Crippen molar-refractivity contribution in [1.82, 2.24) is 14.1 Å². The average Bonchev–Trinajstić information content (AvgIpc) is 2.48. The lowest BCUT2D eigenvalue weighted by Gasteiger charge is -2.30. The van der Waals surface area contributed by atoms with Crippen LogP contribution in [0.5, 0.6) is 0 Å². The number of amides is 1. The predicted octanol–water partition coefficient (Wildman–Crippen LogP) is 1.25. The average molecular weight is 356 g/mol. The minimum Gasteiger partial charge on any atom is -0.335 e. The molecular formula is C17H29N3O3S. The van der Waals surface area contributed by atoms with Crippen molar-refractivity contribution in [2.75, 3.05) is 40.0 Å². The number of hydrogen-bond donors (Lipinski definition) is 0. The molecule has 1 aromatic rings. The topological polar surface area (TPSA) is 60.9 Å². The molecule has 0 aromatic heterocycles. The Balaban J connectivity index is 2.84. The van der Waals surface area contributed by atoms with Gasteiger partial charge in [0.25, 0.3) is 0 Å². The molecular weight excluding hydrogens is 326 g/mol.